The smallest absolute Gasteiger partial charge is 0.267 e. The number of aliphatic hydroxyl groups excluding tert-OH is 2. The minimum Gasteiger partial charge on any atom is -0.387 e. The molecule has 0 aliphatic carbocycles. The third-order valence-corrected chi connectivity index (χ3v) is 9.31. The maximum Gasteiger partial charge on any atom is 0.267 e. The number of hydrogen-bond donors (Lipinski definition) is 4. The van der Waals surface area contributed by atoms with Crippen LogP contribution in [0.25, 0.3) is 0 Å². The number of nitrogens with one attached hydrogen (secondary N) is 1. The first-order valence-corrected chi connectivity index (χ1v) is 21.2. The molecule has 7 nitrogen and oxygen atoms in total. The molecule has 0 aliphatic rings. The number of hydrogen-bond acceptors (Lipinski definition) is 5. The van der Waals surface area contributed by atoms with E-state index in [9.17, 15) is 28.0 Å². The van der Waals surface area contributed by atoms with Gasteiger partial charge in [-0.1, -0.05) is 158 Å². The summed E-state index contributed by atoms with van der Waals surface area (Å²) in [5, 5.41) is 23.3. The molecule has 0 rings (SSSR count). The van der Waals surface area contributed by atoms with Gasteiger partial charge in [0, 0.05) is 0 Å². The average Bonchev–Trinajstić information content (AvgIpc) is 3.06. The number of rotatable bonds is 34. The summed E-state index contributed by atoms with van der Waals surface area (Å²) in [7, 11) is -4.46. The molecule has 0 spiro atoms. The van der Waals surface area contributed by atoms with Gasteiger partial charge in [-0.2, -0.15) is 8.42 Å². The Hall–Kier alpha value is -2.00. The van der Waals surface area contributed by atoms with Crippen LogP contribution in [0.5, 0.6) is 0 Å². The van der Waals surface area contributed by atoms with Gasteiger partial charge in [0.05, 0.1) is 17.9 Å². The van der Waals surface area contributed by atoms with Gasteiger partial charge >= 0.3 is 0 Å². The highest BCUT2D eigenvalue weighted by Crippen LogP contribution is 2.12. The topological polar surface area (TPSA) is 124 Å². The summed E-state index contributed by atoms with van der Waals surface area (Å²) < 4.78 is 32.4. The van der Waals surface area contributed by atoms with E-state index < -0.39 is 40.0 Å². The normalized spacial score (nSPS) is 14.6. The van der Waals surface area contributed by atoms with Crippen molar-refractivity contribution >= 4 is 16.0 Å². The summed E-state index contributed by atoms with van der Waals surface area (Å²) in [6.45, 7) is 4.46. The first kappa shape index (κ1) is 47.0. The first-order chi connectivity index (χ1) is 23.7. The average molecular weight is 708 g/mol. The summed E-state index contributed by atoms with van der Waals surface area (Å²) >= 11 is 0. The third-order valence-electron chi connectivity index (χ3n) is 8.53. The van der Waals surface area contributed by atoms with E-state index in [1.165, 1.54) is 76.7 Å². The van der Waals surface area contributed by atoms with Gasteiger partial charge < -0.3 is 15.5 Å². The van der Waals surface area contributed by atoms with Gasteiger partial charge in [0.15, 0.2) is 0 Å². The standard InChI is InChI=1S/C41H73NO6S/c1-3-5-7-9-11-13-15-17-19-20-21-22-24-25-27-29-31-33-35-39(43)38(37-49(46,47)48)42-41(45)40(44)36-34-32-30-28-26-23-18-16-14-12-10-8-6-4-2/h12,14,16,18,20-21,25,27,33,35,38-40,43-44H,3-11,13,15,17,19,22-24,26,28-32,34,36-37H2,1-2H3,(H,42,45)(H,46,47,48)/b14-12-,18-16-,21-20+,27-25+,35-33+. The first-order valence-electron chi connectivity index (χ1n) is 19.6. The van der Waals surface area contributed by atoms with Crippen LogP contribution in [-0.4, -0.2) is 53.1 Å². The monoisotopic (exact) mass is 708 g/mol. The van der Waals surface area contributed by atoms with E-state index >= 15 is 0 Å². The molecule has 0 heterocycles. The molecule has 0 fully saturated rings. The molecule has 0 aliphatic heterocycles. The Labute approximate surface area is 301 Å². The van der Waals surface area contributed by atoms with Gasteiger partial charge in [0.25, 0.3) is 10.1 Å². The second-order valence-corrected chi connectivity index (χ2v) is 14.9. The molecule has 0 bridgehead atoms. The Morgan fingerprint density at radius 2 is 0.980 bits per heavy atom. The van der Waals surface area contributed by atoms with E-state index in [0.29, 0.717) is 12.8 Å². The van der Waals surface area contributed by atoms with Crippen molar-refractivity contribution in [1.29, 1.82) is 0 Å². The number of carbonyl (C=O) groups is 1. The molecule has 1 amide bonds. The molecule has 8 heteroatoms. The van der Waals surface area contributed by atoms with Crippen LogP contribution in [0, 0.1) is 0 Å². The number of aliphatic hydroxyl groups is 2. The molecule has 0 saturated carbocycles. The number of unbranched alkanes of at least 4 members (excludes halogenated alkanes) is 18. The summed E-state index contributed by atoms with van der Waals surface area (Å²) in [5.41, 5.74) is 0. The molecule has 0 aromatic heterocycles. The number of carbonyl (C=O) groups excluding carboxylic acids is 1. The van der Waals surface area contributed by atoms with Crippen LogP contribution >= 0.6 is 0 Å². The lowest BCUT2D eigenvalue weighted by Crippen LogP contribution is -2.50. The fourth-order valence-electron chi connectivity index (χ4n) is 5.48. The second-order valence-electron chi connectivity index (χ2n) is 13.4. The van der Waals surface area contributed by atoms with E-state index in [0.717, 1.165) is 64.2 Å². The highest BCUT2D eigenvalue weighted by molar-refractivity contribution is 7.85. The van der Waals surface area contributed by atoms with Crippen LogP contribution in [0.15, 0.2) is 60.8 Å². The van der Waals surface area contributed by atoms with Gasteiger partial charge in [-0.3, -0.25) is 9.35 Å². The van der Waals surface area contributed by atoms with E-state index in [1.54, 1.807) is 6.08 Å². The molecular formula is C41H73NO6S. The molecule has 3 atom stereocenters. The fourth-order valence-corrected chi connectivity index (χ4v) is 6.21. The zero-order valence-electron chi connectivity index (χ0n) is 31.2. The summed E-state index contributed by atoms with van der Waals surface area (Å²) in [6.07, 6.45) is 44.1. The number of allylic oxidation sites excluding steroid dienone is 9. The fraction of sp³-hybridized carbons (Fsp3) is 0.732. The molecule has 4 N–H and O–H groups in total. The third kappa shape index (κ3) is 34.2. The van der Waals surface area contributed by atoms with Crippen molar-refractivity contribution in [3.8, 4) is 0 Å². The Morgan fingerprint density at radius 1 is 0.571 bits per heavy atom. The lowest BCUT2D eigenvalue weighted by atomic mass is 10.1. The van der Waals surface area contributed by atoms with Crippen molar-refractivity contribution in [2.45, 2.75) is 186 Å². The van der Waals surface area contributed by atoms with Gasteiger partial charge in [0.2, 0.25) is 5.91 Å². The minimum absolute atomic E-state index is 0.250. The maximum absolute atomic E-state index is 12.6. The minimum atomic E-state index is -4.46. The molecule has 49 heavy (non-hydrogen) atoms. The highest BCUT2D eigenvalue weighted by atomic mass is 32.2. The Morgan fingerprint density at radius 3 is 1.51 bits per heavy atom. The zero-order valence-corrected chi connectivity index (χ0v) is 32.0. The predicted molar refractivity (Wildman–Crippen MR) is 208 cm³/mol. The lowest BCUT2D eigenvalue weighted by molar-refractivity contribution is -0.130. The van der Waals surface area contributed by atoms with Crippen molar-refractivity contribution in [2.75, 3.05) is 5.75 Å². The summed E-state index contributed by atoms with van der Waals surface area (Å²) in [4.78, 5) is 12.6. The predicted octanol–water partition coefficient (Wildman–Crippen LogP) is 10.3. The molecular weight excluding hydrogens is 635 g/mol. The highest BCUT2D eigenvalue weighted by Gasteiger charge is 2.27. The van der Waals surface area contributed by atoms with Crippen LogP contribution < -0.4 is 5.32 Å². The van der Waals surface area contributed by atoms with Crippen molar-refractivity contribution in [1.82, 2.24) is 5.32 Å². The molecule has 3 unspecified atom stereocenters. The quantitative estimate of drug-likeness (QED) is 0.0228. The Bertz CT molecular complexity index is 1020. The van der Waals surface area contributed by atoms with E-state index in [4.69, 9.17) is 0 Å². The van der Waals surface area contributed by atoms with Gasteiger partial charge in [-0.25, -0.2) is 0 Å². The largest absolute Gasteiger partial charge is 0.387 e. The second kappa shape index (κ2) is 34.4. The van der Waals surface area contributed by atoms with Gasteiger partial charge in [-0.05, 0) is 70.6 Å². The van der Waals surface area contributed by atoms with Crippen LogP contribution in [-0.2, 0) is 14.9 Å². The molecule has 0 aromatic rings. The van der Waals surface area contributed by atoms with Crippen molar-refractivity contribution in [2.24, 2.45) is 0 Å². The molecule has 0 saturated heterocycles. The Kier molecular flexibility index (Phi) is 33.0. The van der Waals surface area contributed by atoms with E-state index in [2.05, 4.69) is 67.8 Å². The van der Waals surface area contributed by atoms with Crippen LogP contribution in [0.1, 0.15) is 168 Å². The van der Waals surface area contributed by atoms with Crippen LogP contribution in [0.2, 0.25) is 0 Å². The van der Waals surface area contributed by atoms with E-state index in [1.807, 2.05) is 0 Å². The number of amides is 1. The maximum atomic E-state index is 12.6. The van der Waals surface area contributed by atoms with Crippen LogP contribution in [0.4, 0.5) is 0 Å². The molecule has 0 aromatic carbocycles. The van der Waals surface area contributed by atoms with Crippen molar-refractivity contribution < 1.29 is 28.0 Å². The Balaban J connectivity index is 4.20. The van der Waals surface area contributed by atoms with Gasteiger partial charge in [0.1, 0.15) is 6.10 Å². The van der Waals surface area contributed by atoms with Gasteiger partial charge in [-0.15, -0.1) is 0 Å². The summed E-state index contributed by atoms with van der Waals surface area (Å²) in [5.74, 6) is -1.59. The van der Waals surface area contributed by atoms with Crippen molar-refractivity contribution in [3.05, 3.63) is 60.8 Å². The SMILES string of the molecule is CCCCC/C=C\C=C/CCCCCCCC(O)C(=O)NC(CS(=O)(=O)O)C(O)/C=C/CC/C=C/CC/C=C/CCCCCCCCCC. The van der Waals surface area contributed by atoms with Crippen molar-refractivity contribution in [3.63, 3.8) is 0 Å². The zero-order chi connectivity index (χ0) is 36.3. The molecule has 0 radical (unpaired) electrons. The van der Waals surface area contributed by atoms with E-state index in [-0.39, 0.29) is 6.42 Å². The lowest BCUT2D eigenvalue weighted by Gasteiger charge is -2.22. The molecule has 284 valence electrons. The van der Waals surface area contributed by atoms with Crippen LogP contribution in [0.3, 0.4) is 0 Å². The summed E-state index contributed by atoms with van der Waals surface area (Å²) in [6, 6.07) is -1.26.